The molecule has 1 saturated heterocycles. The summed E-state index contributed by atoms with van der Waals surface area (Å²) in [7, 11) is 1.43. The molecular weight excluding hydrogens is 644 g/mol. The molecule has 50 heavy (non-hydrogen) atoms. The molecule has 4 heterocycles. The Labute approximate surface area is 288 Å². The Bertz CT molecular complexity index is 1960. The lowest BCUT2D eigenvalue weighted by atomic mass is 9.93. The Balaban J connectivity index is 1.23. The number of ketones is 1. The van der Waals surface area contributed by atoms with E-state index in [0.29, 0.717) is 42.4 Å². The van der Waals surface area contributed by atoms with E-state index in [4.69, 9.17) is 14.2 Å². The highest BCUT2D eigenvalue weighted by Gasteiger charge is 2.30. The molecule has 1 aliphatic heterocycles. The van der Waals surface area contributed by atoms with Gasteiger partial charge in [-0.25, -0.2) is 9.97 Å². The third-order valence-electron chi connectivity index (χ3n) is 7.81. The Hall–Kier alpha value is -5.88. The summed E-state index contributed by atoms with van der Waals surface area (Å²) in [6.45, 7) is 6.42. The number of fused-ring (bicyclic) bond motifs is 1. The van der Waals surface area contributed by atoms with Crippen molar-refractivity contribution in [3.63, 3.8) is 0 Å². The number of H-pyrrole nitrogens is 1. The molecule has 260 valence electrons. The van der Waals surface area contributed by atoms with E-state index in [2.05, 4.69) is 31.4 Å². The second-order valence-electron chi connectivity index (χ2n) is 12.4. The second-order valence-corrected chi connectivity index (χ2v) is 12.4. The van der Waals surface area contributed by atoms with E-state index in [1.807, 2.05) is 30.3 Å². The van der Waals surface area contributed by atoms with Crippen LogP contribution in [0.25, 0.3) is 22.3 Å². The molecule has 0 saturated carbocycles. The zero-order valence-corrected chi connectivity index (χ0v) is 28.3. The first-order valence-corrected chi connectivity index (χ1v) is 16.1. The SMILES string of the molecule is COc1cnc(-n2cnc(C(=O)NCCOCCC(=O)OC(C)(C)C)n2)c2[nH]cc(C(=O)C(=O)N3CCC(=C(C#N)c4ccccc4)CC3)c12. The summed E-state index contributed by atoms with van der Waals surface area (Å²) in [6, 6.07) is 11.7. The van der Waals surface area contributed by atoms with Crippen molar-refractivity contribution >= 4 is 40.0 Å². The molecular formula is C35H38N8O7. The maximum atomic E-state index is 13.6. The molecule has 15 heteroatoms. The van der Waals surface area contributed by atoms with Crippen molar-refractivity contribution < 1.29 is 33.4 Å². The number of hydrogen-bond donors (Lipinski definition) is 2. The fourth-order valence-corrected chi connectivity index (χ4v) is 5.49. The Morgan fingerprint density at radius 2 is 1.80 bits per heavy atom. The summed E-state index contributed by atoms with van der Waals surface area (Å²) in [6.07, 6.45) is 5.17. The van der Waals surface area contributed by atoms with E-state index in [1.165, 1.54) is 35.4 Å². The largest absolute Gasteiger partial charge is 0.494 e. The van der Waals surface area contributed by atoms with Crippen LogP contribution in [0.5, 0.6) is 5.75 Å². The van der Waals surface area contributed by atoms with Gasteiger partial charge in [0.05, 0.1) is 61.0 Å². The van der Waals surface area contributed by atoms with Crippen molar-refractivity contribution in [3.05, 3.63) is 71.6 Å². The summed E-state index contributed by atoms with van der Waals surface area (Å²) in [5.74, 6) is -1.97. The molecule has 1 aromatic carbocycles. The monoisotopic (exact) mass is 682 g/mol. The zero-order chi connectivity index (χ0) is 35.8. The summed E-state index contributed by atoms with van der Waals surface area (Å²) < 4.78 is 17.4. The van der Waals surface area contributed by atoms with Crippen molar-refractivity contribution in [2.45, 2.75) is 45.6 Å². The van der Waals surface area contributed by atoms with E-state index >= 15 is 0 Å². The van der Waals surface area contributed by atoms with Gasteiger partial charge in [0.15, 0.2) is 5.82 Å². The molecule has 3 aromatic heterocycles. The number of nitriles is 1. The number of ether oxygens (including phenoxy) is 3. The Kier molecular flexibility index (Phi) is 11.0. The van der Waals surface area contributed by atoms with Crippen LogP contribution in [0.1, 0.15) is 66.6 Å². The number of benzene rings is 1. The average Bonchev–Trinajstić information content (AvgIpc) is 3.78. The summed E-state index contributed by atoms with van der Waals surface area (Å²) in [4.78, 5) is 64.5. The number of aromatic amines is 1. The first kappa shape index (κ1) is 35.4. The molecule has 0 spiro atoms. The molecule has 0 bridgehead atoms. The van der Waals surface area contributed by atoms with E-state index in [0.717, 1.165) is 11.1 Å². The number of carbonyl (C=O) groups excluding carboxylic acids is 4. The molecule has 2 N–H and O–H groups in total. The number of carbonyl (C=O) groups is 4. The summed E-state index contributed by atoms with van der Waals surface area (Å²) in [5, 5.41) is 17.0. The van der Waals surface area contributed by atoms with Gasteiger partial charge in [-0.1, -0.05) is 30.3 Å². The smallest absolute Gasteiger partial charge is 0.308 e. The van der Waals surface area contributed by atoms with Gasteiger partial charge in [0, 0.05) is 25.8 Å². The van der Waals surface area contributed by atoms with E-state index < -0.39 is 23.2 Å². The third-order valence-corrected chi connectivity index (χ3v) is 7.81. The first-order chi connectivity index (χ1) is 24.0. The summed E-state index contributed by atoms with van der Waals surface area (Å²) >= 11 is 0. The lowest BCUT2D eigenvalue weighted by Crippen LogP contribution is -2.40. The van der Waals surface area contributed by atoms with Crippen LogP contribution in [0, 0.1) is 11.3 Å². The highest BCUT2D eigenvalue weighted by atomic mass is 16.6. The van der Waals surface area contributed by atoms with Crippen LogP contribution in [-0.4, -0.2) is 98.8 Å². The van der Waals surface area contributed by atoms with Gasteiger partial charge < -0.3 is 29.4 Å². The average molecular weight is 683 g/mol. The van der Waals surface area contributed by atoms with Crippen molar-refractivity contribution in [3.8, 4) is 17.6 Å². The standard InChI is InChI=1S/C35H38N8O7/c1-35(2,3)50-27(44)12-16-49-17-13-37-33(46)31-40-21-43(41-31)32-29-28(26(48-4)20-39-32)25(19-38-29)30(45)34(47)42-14-10-23(11-15-42)24(18-36)22-8-6-5-7-9-22/h5-9,19-21,38H,10-17H2,1-4H3,(H,37,46). The number of methoxy groups -OCH3 is 1. The van der Waals surface area contributed by atoms with Crippen LogP contribution in [-0.2, 0) is 19.1 Å². The number of pyridine rings is 1. The molecule has 0 aliphatic carbocycles. The lowest BCUT2D eigenvalue weighted by Gasteiger charge is -2.28. The van der Waals surface area contributed by atoms with Crippen molar-refractivity contribution in [2.24, 2.45) is 0 Å². The maximum Gasteiger partial charge on any atom is 0.308 e. The molecule has 2 amide bonds. The van der Waals surface area contributed by atoms with Crippen LogP contribution in [0.15, 0.2) is 54.6 Å². The number of allylic oxidation sites excluding steroid dienone is 1. The number of Topliss-reactive ketones (excluding diaryl/α,β-unsaturated/α-hetero) is 1. The predicted molar refractivity (Wildman–Crippen MR) is 180 cm³/mol. The fourth-order valence-electron chi connectivity index (χ4n) is 5.49. The van der Waals surface area contributed by atoms with Gasteiger partial charge in [-0.3, -0.25) is 19.2 Å². The minimum atomic E-state index is -0.727. The minimum absolute atomic E-state index is 0.0940. The molecule has 5 rings (SSSR count). The predicted octanol–water partition coefficient (Wildman–Crippen LogP) is 3.41. The molecule has 4 aromatic rings. The van der Waals surface area contributed by atoms with E-state index in [9.17, 15) is 24.4 Å². The van der Waals surface area contributed by atoms with Crippen LogP contribution < -0.4 is 10.1 Å². The van der Waals surface area contributed by atoms with Crippen LogP contribution in [0.2, 0.25) is 0 Å². The number of rotatable bonds is 12. The van der Waals surface area contributed by atoms with Crippen LogP contribution in [0.3, 0.4) is 0 Å². The molecule has 0 unspecified atom stereocenters. The topological polar surface area (TPSA) is 194 Å². The maximum absolute atomic E-state index is 13.6. The fraction of sp³-hybridized carbons (Fsp3) is 0.371. The minimum Gasteiger partial charge on any atom is -0.494 e. The molecule has 0 atom stereocenters. The van der Waals surface area contributed by atoms with Crippen molar-refractivity contribution in [1.29, 1.82) is 5.26 Å². The van der Waals surface area contributed by atoms with Crippen LogP contribution >= 0.6 is 0 Å². The van der Waals surface area contributed by atoms with Gasteiger partial charge in [-0.15, -0.1) is 5.10 Å². The lowest BCUT2D eigenvalue weighted by molar-refractivity contribution is -0.156. The molecule has 1 fully saturated rings. The van der Waals surface area contributed by atoms with Gasteiger partial charge >= 0.3 is 5.97 Å². The van der Waals surface area contributed by atoms with Gasteiger partial charge in [0.1, 0.15) is 17.7 Å². The van der Waals surface area contributed by atoms with Crippen LogP contribution in [0.4, 0.5) is 0 Å². The number of amides is 2. The van der Waals surface area contributed by atoms with Gasteiger partial charge in [-0.2, -0.15) is 9.94 Å². The Morgan fingerprint density at radius 3 is 2.48 bits per heavy atom. The third kappa shape index (κ3) is 8.21. The van der Waals surface area contributed by atoms with Gasteiger partial charge in [0.25, 0.3) is 17.6 Å². The van der Waals surface area contributed by atoms with Crippen molar-refractivity contribution in [2.75, 3.05) is 40.0 Å². The van der Waals surface area contributed by atoms with Gasteiger partial charge in [-0.05, 0) is 44.7 Å². The number of aromatic nitrogens is 5. The highest BCUT2D eigenvalue weighted by Crippen LogP contribution is 2.32. The molecule has 15 nitrogen and oxygen atoms in total. The number of likely N-dealkylation sites (tertiary alicyclic amines) is 1. The zero-order valence-electron chi connectivity index (χ0n) is 28.3. The quantitative estimate of drug-likeness (QED) is 0.0731. The molecule has 1 aliphatic rings. The normalized spacial score (nSPS) is 13.1. The molecule has 0 radical (unpaired) electrons. The van der Waals surface area contributed by atoms with E-state index in [-0.39, 0.29) is 55.1 Å². The second kappa shape index (κ2) is 15.6. The number of esters is 1. The first-order valence-electron chi connectivity index (χ1n) is 16.1. The Morgan fingerprint density at radius 1 is 1.06 bits per heavy atom. The highest BCUT2D eigenvalue weighted by molar-refractivity contribution is 6.45. The number of piperidine rings is 1. The number of hydrogen-bond acceptors (Lipinski definition) is 11. The number of nitrogens with zero attached hydrogens (tertiary/aromatic N) is 6. The van der Waals surface area contributed by atoms with Gasteiger partial charge in [0.2, 0.25) is 5.82 Å². The number of nitrogens with one attached hydrogen (secondary N) is 2. The van der Waals surface area contributed by atoms with Crippen molar-refractivity contribution in [1.82, 2.24) is 34.9 Å². The van der Waals surface area contributed by atoms with E-state index in [1.54, 1.807) is 20.8 Å². The summed E-state index contributed by atoms with van der Waals surface area (Å²) in [5.41, 5.74) is 2.25.